The van der Waals surface area contributed by atoms with Gasteiger partial charge in [0.2, 0.25) is 0 Å². The van der Waals surface area contributed by atoms with E-state index in [4.69, 9.17) is 0 Å². The van der Waals surface area contributed by atoms with Crippen LogP contribution in [0.25, 0.3) is 0 Å². The molecule has 0 radical (unpaired) electrons. The molecule has 4 heteroatoms. The lowest BCUT2D eigenvalue weighted by atomic mass is 9.84. The molecule has 3 aliphatic rings. The van der Waals surface area contributed by atoms with Crippen molar-refractivity contribution in [3.63, 3.8) is 0 Å². The predicted octanol–water partition coefficient (Wildman–Crippen LogP) is 2.58. The third-order valence-electron chi connectivity index (χ3n) is 4.34. The molecule has 1 unspecified atom stereocenters. The Morgan fingerprint density at radius 2 is 2.11 bits per heavy atom. The van der Waals surface area contributed by atoms with E-state index in [1.54, 1.807) is 0 Å². The van der Waals surface area contributed by atoms with Crippen LogP contribution in [0.3, 0.4) is 0 Å². The van der Waals surface area contributed by atoms with Crippen LogP contribution in [0.2, 0.25) is 0 Å². The summed E-state index contributed by atoms with van der Waals surface area (Å²) < 4.78 is 0.881. The Balaban J connectivity index is 1.71. The average molecular weight is 323 g/mol. The summed E-state index contributed by atoms with van der Waals surface area (Å²) in [4.78, 5) is 14.8. The number of piperidine rings is 3. The minimum atomic E-state index is 0.0469. The summed E-state index contributed by atoms with van der Waals surface area (Å²) in [5.41, 5.74) is 1.90. The van der Waals surface area contributed by atoms with E-state index in [1.807, 2.05) is 25.1 Å². The fourth-order valence-electron chi connectivity index (χ4n) is 3.18. The van der Waals surface area contributed by atoms with Crippen LogP contribution in [-0.2, 0) is 0 Å². The molecule has 3 saturated heterocycles. The number of hydrogen-bond donors (Lipinski definition) is 1. The van der Waals surface area contributed by atoms with E-state index in [1.165, 1.54) is 25.9 Å². The molecular weight excluding hydrogens is 304 g/mol. The van der Waals surface area contributed by atoms with Gasteiger partial charge in [-0.3, -0.25) is 4.79 Å². The zero-order valence-corrected chi connectivity index (χ0v) is 12.7. The molecule has 19 heavy (non-hydrogen) atoms. The Labute approximate surface area is 122 Å². The van der Waals surface area contributed by atoms with Crippen molar-refractivity contribution in [2.24, 2.45) is 5.92 Å². The van der Waals surface area contributed by atoms with Crippen molar-refractivity contribution >= 4 is 21.8 Å². The summed E-state index contributed by atoms with van der Waals surface area (Å²) in [5, 5.41) is 3.22. The lowest BCUT2D eigenvalue weighted by Crippen LogP contribution is -2.57. The van der Waals surface area contributed by atoms with Crippen LogP contribution in [0.15, 0.2) is 22.7 Å². The molecule has 3 nitrogen and oxygen atoms in total. The first-order chi connectivity index (χ1) is 9.13. The molecular formula is C15H19BrN2O. The molecule has 1 aromatic carbocycles. The standard InChI is InChI=1S/C15H19BrN2O/c1-10-2-3-12(13(16)8-10)15(19)17-14-9-18-6-4-11(14)5-7-18/h2-3,8,11,14H,4-7,9H2,1H3,(H,17,19). The van der Waals surface area contributed by atoms with E-state index < -0.39 is 0 Å². The number of fused-ring (bicyclic) bond motifs is 3. The van der Waals surface area contributed by atoms with Crippen molar-refractivity contribution < 1.29 is 4.79 Å². The maximum Gasteiger partial charge on any atom is 0.252 e. The van der Waals surface area contributed by atoms with Gasteiger partial charge in [-0.25, -0.2) is 0 Å². The van der Waals surface area contributed by atoms with Crippen molar-refractivity contribution in [1.82, 2.24) is 10.2 Å². The number of nitrogens with one attached hydrogen (secondary N) is 1. The first-order valence-corrected chi connectivity index (χ1v) is 7.72. The lowest BCUT2D eigenvalue weighted by molar-refractivity contribution is 0.0620. The minimum Gasteiger partial charge on any atom is -0.348 e. The van der Waals surface area contributed by atoms with E-state index in [2.05, 4.69) is 26.1 Å². The maximum absolute atomic E-state index is 12.4. The van der Waals surface area contributed by atoms with Gasteiger partial charge in [-0.2, -0.15) is 0 Å². The quantitative estimate of drug-likeness (QED) is 0.907. The highest BCUT2D eigenvalue weighted by atomic mass is 79.9. The zero-order chi connectivity index (χ0) is 13.4. The number of nitrogens with zero attached hydrogens (tertiary/aromatic N) is 1. The van der Waals surface area contributed by atoms with Crippen LogP contribution in [0, 0.1) is 12.8 Å². The summed E-state index contributed by atoms with van der Waals surface area (Å²) in [6.07, 6.45) is 2.44. The number of hydrogen-bond acceptors (Lipinski definition) is 2. The second kappa shape index (κ2) is 5.25. The van der Waals surface area contributed by atoms with Gasteiger partial charge in [0.1, 0.15) is 0 Å². The Kier molecular flexibility index (Phi) is 3.63. The monoisotopic (exact) mass is 322 g/mol. The van der Waals surface area contributed by atoms with E-state index in [9.17, 15) is 4.79 Å². The van der Waals surface area contributed by atoms with Crippen molar-refractivity contribution in [2.75, 3.05) is 19.6 Å². The molecule has 0 aromatic heterocycles. The molecule has 1 aromatic rings. The van der Waals surface area contributed by atoms with Gasteiger partial charge in [0.05, 0.1) is 5.56 Å². The fourth-order valence-corrected chi connectivity index (χ4v) is 3.85. The second-order valence-corrected chi connectivity index (χ2v) is 6.56. The Hall–Kier alpha value is -0.870. The number of carbonyl (C=O) groups excluding carboxylic acids is 1. The normalized spacial score (nSPS) is 29.3. The van der Waals surface area contributed by atoms with Gasteiger partial charge < -0.3 is 10.2 Å². The highest BCUT2D eigenvalue weighted by Crippen LogP contribution is 2.28. The summed E-state index contributed by atoms with van der Waals surface area (Å²) in [6.45, 7) is 5.44. The van der Waals surface area contributed by atoms with Crippen molar-refractivity contribution in [3.05, 3.63) is 33.8 Å². The fraction of sp³-hybridized carbons (Fsp3) is 0.533. The number of aryl methyl sites for hydroxylation is 1. The van der Waals surface area contributed by atoms with E-state index >= 15 is 0 Å². The van der Waals surface area contributed by atoms with Crippen LogP contribution >= 0.6 is 15.9 Å². The highest BCUT2D eigenvalue weighted by molar-refractivity contribution is 9.10. The van der Waals surface area contributed by atoms with Gasteiger partial charge in [-0.1, -0.05) is 6.07 Å². The molecule has 0 saturated carbocycles. The Morgan fingerprint density at radius 3 is 2.68 bits per heavy atom. The van der Waals surface area contributed by atoms with E-state index in [-0.39, 0.29) is 5.91 Å². The predicted molar refractivity (Wildman–Crippen MR) is 79.3 cm³/mol. The van der Waals surface area contributed by atoms with Gasteiger partial charge in [-0.05, 0) is 72.4 Å². The van der Waals surface area contributed by atoms with Crippen molar-refractivity contribution in [3.8, 4) is 0 Å². The topological polar surface area (TPSA) is 32.3 Å². The lowest BCUT2D eigenvalue weighted by Gasteiger charge is -2.44. The van der Waals surface area contributed by atoms with Crippen LogP contribution in [0.1, 0.15) is 28.8 Å². The molecule has 3 heterocycles. The third kappa shape index (κ3) is 2.70. The molecule has 1 N–H and O–H groups in total. The highest BCUT2D eigenvalue weighted by Gasteiger charge is 2.35. The Morgan fingerprint density at radius 1 is 1.37 bits per heavy atom. The molecule has 102 valence electrons. The van der Waals surface area contributed by atoms with Gasteiger partial charge in [0, 0.05) is 17.1 Å². The number of halogens is 1. The number of benzene rings is 1. The average Bonchev–Trinajstić information content (AvgIpc) is 2.39. The van der Waals surface area contributed by atoms with Crippen LogP contribution in [0.5, 0.6) is 0 Å². The number of rotatable bonds is 2. The molecule has 0 aliphatic carbocycles. The maximum atomic E-state index is 12.4. The summed E-state index contributed by atoms with van der Waals surface area (Å²) in [7, 11) is 0. The second-order valence-electron chi connectivity index (χ2n) is 5.70. The summed E-state index contributed by atoms with van der Waals surface area (Å²) >= 11 is 3.48. The smallest absolute Gasteiger partial charge is 0.252 e. The van der Waals surface area contributed by atoms with Crippen LogP contribution in [-0.4, -0.2) is 36.5 Å². The van der Waals surface area contributed by atoms with E-state index in [0.717, 1.165) is 22.1 Å². The van der Waals surface area contributed by atoms with Crippen LogP contribution in [0.4, 0.5) is 0 Å². The van der Waals surface area contributed by atoms with Crippen molar-refractivity contribution in [1.29, 1.82) is 0 Å². The van der Waals surface area contributed by atoms with Gasteiger partial charge >= 0.3 is 0 Å². The molecule has 0 spiro atoms. The van der Waals surface area contributed by atoms with Gasteiger partial charge in [0.15, 0.2) is 0 Å². The van der Waals surface area contributed by atoms with E-state index in [0.29, 0.717) is 12.0 Å². The van der Waals surface area contributed by atoms with Crippen LogP contribution < -0.4 is 5.32 Å². The molecule has 3 aliphatic heterocycles. The SMILES string of the molecule is Cc1ccc(C(=O)NC2CN3CCC2CC3)c(Br)c1. The first kappa shape index (κ1) is 13.1. The zero-order valence-electron chi connectivity index (χ0n) is 11.2. The molecule has 4 rings (SSSR count). The van der Waals surface area contributed by atoms with Gasteiger partial charge in [0.25, 0.3) is 5.91 Å². The molecule has 2 bridgehead atoms. The summed E-state index contributed by atoms with van der Waals surface area (Å²) in [6, 6.07) is 6.20. The minimum absolute atomic E-state index is 0.0469. The Bertz CT molecular complexity index is 495. The first-order valence-electron chi connectivity index (χ1n) is 6.93. The molecule has 1 atom stereocenters. The third-order valence-corrected chi connectivity index (χ3v) is 5.00. The molecule has 3 fully saturated rings. The molecule has 1 amide bonds. The van der Waals surface area contributed by atoms with Gasteiger partial charge in [-0.15, -0.1) is 0 Å². The number of carbonyl (C=O) groups is 1. The largest absolute Gasteiger partial charge is 0.348 e. The summed E-state index contributed by atoms with van der Waals surface area (Å²) in [5.74, 6) is 0.712. The van der Waals surface area contributed by atoms with Crippen molar-refractivity contribution in [2.45, 2.75) is 25.8 Å². The number of amides is 1.